The zero-order valence-corrected chi connectivity index (χ0v) is 17.3. The molecular formula is C24H23ClO5. The molecule has 5 nitrogen and oxygen atoms in total. The zero-order chi connectivity index (χ0) is 21.3. The highest BCUT2D eigenvalue weighted by molar-refractivity contribution is 6.30. The van der Waals surface area contributed by atoms with E-state index in [1.807, 2.05) is 37.3 Å². The summed E-state index contributed by atoms with van der Waals surface area (Å²) in [5, 5.41) is 9.38. The highest BCUT2D eigenvalue weighted by Crippen LogP contribution is 2.35. The third-order valence-corrected chi connectivity index (χ3v) is 4.51. The molecule has 3 aromatic rings. The minimum absolute atomic E-state index is 0.000365. The molecule has 3 aromatic carbocycles. The summed E-state index contributed by atoms with van der Waals surface area (Å²) in [7, 11) is 0. The van der Waals surface area contributed by atoms with E-state index in [-0.39, 0.29) is 12.5 Å². The van der Waals surface area contributed by atoms with Gasteiger partial charge in [-0.1, -0.05) is 41.9 Å². The molecule has 0 amide bonds. The van der Waals surface area contributed by atoms with Gasteiger partial charge in [-0.25, -0.2) is 0 Å². The van der Waals surface area contributed by atoms with Gasteiger partial charge in [-0.15, -0.1) is 0 Å². The summed E-state index contributed by atoms with van der Waals surface area (Å²) >= 11 is 6.12. The molecule has 156 valence electrons. The van der Waals surface area contributed by atoms with E-state index in [1.54, 1.807) is 42.5 Å². The van der Waals surface area contributed by atoms with Crippen LogP contribution in [0.5, 0.6) is 23.0 Å². The summed E-state index contributed by atoms with van der Waals surface area (Å²) in [5.74, 6) is 1.69. The Hall–Kier alpha value is -3.18. The van der Waals surface area contributed by atoms with Crippen LogP contribution in [0.1, 0.15) is 18.9 Å². The Morgan fingerprint density at radius 2 is 1.70 bits per heavy atom. The molecule has 6 heteroatoms. The molecule has 0 fully saturated rings. The Balaban J connectivity index is 1.53. The van der Waals surface area contributed by atoms with Crippen molar-refractivity contribution in [1.82, 2.24) is 0 Å². The largest absolute Gasteiger partial charge is 0.493 e. The number of carbonyl (C=O) groups is 1. The van der Waals surface area contributed by atoms with Gasteiger partial charge in [0.15, 0.2) is 11.5 Å². The second kappa shape index (κ2) is 10.6. The highest BCUT2D eigenvalue weighted by atomic mass is 35.5. The van der Waals surface area contributed by atoms with Crippen molar-refractivity contribution >= 4 is 17.6 Å². The van der Waals surface area contributed by atoms with E-state index in [2.05, 4.69) is 0 Å². The second-order valence-electron chi connectivity index (χ2n) is 6.79. The van der Waals surface area contributed by atoms with Crippen LogP contribution in [-0.2, 0) is 11.2 Å². The lowest BCUT2D eigenvalue weighted by Crippen LogP contribution is -2.16. The standard InChI is InChI=1S/C24H23ClO5/c1-17(13-14-28-20-10-7-18(8-11-20)15-24(26)27)29-22-12-9-19(25)16-23(22)30-21-5-3-2-4-6-21/h2-12,16-17H,13-15H2,1H3,(H,26,27). The third kappa shape index (κ3) is 6.71. The van der Waals surface area contributed by atoms with Gasteiger partial charge in [0.25, 0.3) is 0 Å². The quantitative estimate of drug-likeness (QED) is 0.431. The van der Waals surface area contributed by atoms with E-state index in [0.717, 1.165) is 5.56 Å². The topological polar surface area (TPSA) is 65.0 Å². The fourth-order valence-electron chi connectivity index (χ4n) is 2.77. The molecule has 0 saturated heterocycles. The molecule has 1 unspecified atom stereocenters. The maximum absolute atomic E-state index is 10.7. The molecule has 0 radical (unpaired) electrons. The van der Waals surface area contributed by atoms with E-state index in [4.69, 9.17) is 30.9 Å². The second-order valence-corrected chi connectivity index (χ2v) is 7.22. The van der Waals surface area contributed by atoms with Crippen LogP contribution in [0.3, 0.4) is 0 Å². The van der Waals surface area contributed by atoms with Crippen molar-refractivity contribution in [3.05, 3.63) is 83.4 Å². The number of rotatable bonds is 10. The van der Waals surface area contributed by atoms with Crippen molar-refractivity contribution in [2.75, 3.05) is 6.61 Å². The van der Waals surface area contributed by atoms with E-state index in [9.17, 15) is 4.79 Å². The molecule has 3 rings (SSSR count). The average molecular weight is 427 g/mol. The van der Waals surface area contributed by atoms with Gasteiger partial charge in [-0.2, -0.15) is 0 Å². The number of benzene rings is 3. The maximum atomic E-state index is 10.7. The fraction of sp³-hybridized carbons (Fsp3) is 0.208. The van der Waals surface area contributed by atoms with Gasteiger partial charge < -0.3 is 19.3 Å². The molecule has 0 bridgehead atoms. The van der Waals surface area contributed by atoms with Crippen molar-refractivity contribution in [1.29, 1.82) is 0 Å². The lowest BCUT2D eigenvalue weighted by molar-refractivity contribution is -0.136. The first-order valence-electron chi connectivity index (χ1n) is 9.62. The lowest BCUT2D eigenvalue weighted by Gasteiger charge is -2.18. The van der Waals surface area contributed by atoms with Gasteiger partial charge in [-0.05, 0) is 48.9 Å². The predicted molar refractivity (Wildman–Crippen MR) is 116 cm³/mol. The van der Waals surface area contributed by atoms with Crippen LogP contribution in [0.2, 0.25) is 5.02 Å². The normalized spacial score (nSPS) is 11.5. The van der Waals surface area contributed by atoms with E-state index < -0.39 is 5.97 Å². The van der Waals surface area contributed by atoms with Gasteiger partial charge in [0.05, 0.1) is 19.1 Å². The van der Waals surface area contributed by atoms with Gasteiger partial charge in [0.1, 0.15) is 11.5 Å². The number of hydrogen-bond acceptors (Lipinski definition) is 4. The number of aliphatic carboxylic acids is 1. The third-order valence-electron chi connectivity index (χ3n) is 4.28. The summed E-state index contributed by atoms with van der Waals surface area (Å²) in [5.41, 5.74) is 0.736. The van der Waals surface area contributed by atoms with Gasteiger partial charge >= 0.3 is 5.97 Å². The first-order valence-corrected chi connectivity index (χ1v) is 10.00. The van der Waals surface area contributed by atoms with Gasteiger partial charge in [0, 0.05) is 17.5 Å². The van der Waals surface area contributed by atoms with Crippen molar-refractivity contribution < 1.29 is 24.1 Å². The first kappa shape index (κ1) is 21.5. The zero-order valence-electron chi connectivity index (χ0n) is 16.6. The van der Waals surface area contributed by atoms with Crippen LogP contribution >= 0.6 is 11.6 Å². The van der Waals surface area contributed by atoms with Crippen molar-refractivity contribution in [2.45, 2.75) is 25.9 Å². The summed E-state index contributed by atoms with van der Waals surface area (Å²) in [6.45, 7) is 2.42. The average Bonchev–Trinajstić information content (AvgIpc) is 2.72. The minimum atomic E-state index is -0.854. The molecule has 30 heavy (non-hydrogen) atoms. The van der Waals surface area contributed by atoms with Gasteiger partial charge in [-0.3, -0.25) is 4.79 Å². The monoisotopic (exact) mass is 426 g/mol. The summed E-state index contributed by atoms with van der Waals surface area (Å²) in [6, 6.07) is 21.8. The Morgan fingerprint density at radius 3 is 2.40 bits per heavy atom. The molecule has 0 aromatic heterocycles. The van der Waals surface area contributed by atoms with Gasteiger partial charge in [0.2, 0.25) is 0 Å². The van der Waals surface area contributed by atoms with Crippen LogP contribution < -0.4 is 14.2 Å². The van der Waals surface area contributed by atoms with Crippen molar-refractivity contribution in [3.63, 3.8) is 0 Å². The molecule has 0 heterocycles. The smallest absolute Gasteiger partial charge is 0.307 e. The van der Waals surface area contributed by atoms with E-state index >= 15 is 0 Å². The molecule has 0 saturated carbocycles. The summed E-state index contributed by atoms with van der Waals surface area (Å²) < 4.78 is 17.7. The molecule has 0 aliphatic heterocycles. The molecule has 0 aliphatic rings. The van der Waals surface area contributed by atoms with E-state index in [1.165, 1.54) is 0 Å². The number of hydrogen-bond donors (Lipinski definition) is 1. The summed E-state index contributed by atoms with van der Waals surface area (Å²) in [4.78, 5) is 10.7. The maximum Gasteiger partial charge on any atom is 0.307 e. The first-order chi connectivity index (χ1) is 14.5. The molecule has 1 N–H and O–H groups in total. The Labute approximate surface area is 180 Å². The Morgan fingerprint density at radius 1 is 0.967 bits per heavy atom. The number of ether oxygens (including phenoxy) is 3. The van der Waals surface area contributed by atoms with E-state index in [0.29, 0.717) is 41.0 Å². The minimum Gasteiger partial charge on any atom is -0.493 e. The highest BCUT2D eigenvalue weighted by Gasteiger charge is 2.12. The Kier molecular flexibility index (Phi) is 7.57. The van der Waals surface area contributed by atoms with Crippen LogP contribution in [0.25, 0.3) is 0 Å². The molecule has 1 atom stereocenters. The molecular weight excluding hydrogens is 404 g/mol. The van der Waals surface area contributed by atoms with Crippen LogP contribution in [0, 0.1) is 0 Å². The number of carboxylic acid groups (broad SMARTS) is 1. The number of carboxylic acids is 1. The predicted octanol–water partition coefficient (Wildman–Crippen LogP) is 6.00. The number of halogens is 1. The Bertz CT molecular complexity index is 957. The fourth-order valence-corrected chi connectivity index (χ4v) is 2.93. The van der Waals surface area contributed by atoms with Crippen LogP contribution in [-0.4, -0.2) is 23.8 Å². The van der Waals surface area contributed by atoms with Crippen LogP contribution in [0.15, 0.2) is 72.8 Å². The molecule has 0 spiro atoms. The number of para-hydroxylation sites is 1. The SMILES string of the molecule is CC(CCOc1ccc(CC(=O)O)cc1)Oc1ccc(Cl)cc1Oc1ccccc1. The van der Waals surface area contributed by atoms with Crippen LogP contribution in [0.4, 0.5) is 0 Å². The van der Waals surface area contributed by atoms with Crippen molar-refractivity contribution in [2.24, 2.45) is 0 Å². The molecule has 0 aliphatic carbocycles. The summed E-state index contributed by atoms with van der Waals surface area (Å²) in [6.07, 6.45) is 0.541. The lowest BCUT2D eigenvalue weighted by atomic mass is 10.1. The van der Waals surface area contributed by atoms with Crippen molar-refractivity contribution in [3.8, 4) is 23.0 Å².